The standard InChI is InChI=1S/C18H29NO3Si/c1-5-21-23(22-6-2,15-17-11-8-7-9-12-17)14-10-13-19-18(20)16(3)4/h7-9,11-12H,3,5-6,10,13-15H2,1-2,4H3,(H,19,20). The van der Waals surface area contributed by atoms with Crippen LogP contribution in [0.1, 0.15) is 32.8 Å². The van der Waals surface area contributed by atoms with E-state index in [9.17, 15) is 4.79 Å². The lowest BCUT2D eigenvalue weighted by Gasteiger charge is -2.30. The van der Waals surface area contributed by atoms with E-state index in [-0.39, 0.29) is 5.91 Å². The van der Waals surface area contributed by atoms with Gasteiger partial charge in [-0.25, -0.2) is 0 Å². The maximum atomic E-state index is 11.5. The minimum Gasteiger partial charge on any atom is -0.394 e. The highest BCUT2D eigenvalue weighted by Crippen LogP contribution is 2.21. The van der Waals surface area contributed by atoms with Crippen molar-refractivity contribution in [3.8, 4) is 0 Å². The Kier molecular flexibility index (Phi) is 8.84. The molecule has 0 aliphatic rings. The molecule has 23 heavy (non-hydrogen) atoms. The summed E-state index contributed by atoms with van der Waals surface area (Å²) in [4.78, 5) is 11.5. The molecule has 1 aromatic rings. The largest absolute Gasteiger partial charge is 0.394 e. The molecule has 1 rings (SSSR count). The normalized spacial score (nSPS) is 11.3. The lowest BCUT2D eigenvalue weighted by molar-refractivity contribution is -0.117. The fourth-order valence-corrected chi connectivity index (χ4v) is 5.90. The Balaban J connectivity index is 2.66. The molecular formula is C18H29NO3Si. The molecule has 1 aromatic carbocycles. The first kappa shape index (κ1) is 19.6. The first-order valence-corrected chi connectivity index (χ1v) is 10.5. The van der Waals surface area contributed by atoms with Crippen LogP contribution >= 0.6 is 0 Å². The molecule has 0 radical (unpaired) electrons. The van der Waals surface area contributed by atoms with Crippen molar-refractivity contribution in [2.45, 2.75) is 39.3 Å². The van der Waals surface area contributed by atoms with Crippen molar-refractivity contribution in [1.29, 1.82) is 0 Å². The van der Waals surface area contributed by atoms with Crippen molar-refractivity contribution in [2.24, 2.45) is 0 Å². The molecule has 0 unspecified atom stereocenters. The van der Waals surface area contributed by atoms with Crippen LogP contribution < -0.4 is 5.32 Å². The van der Waals surface area contributed by atoms with Crippen LogP contribution in [-0.4, -0.2) is 34.2 Å². The Morgan fingerprint density at radius 2 is 1.78 bits per heavy atom. The summed E-state index contributed by atoms with van der Waals surface area (Å²) < 4.78 is 12.2. The average molecular weight is 336 g/mol. The van der Waals surface area contributed by atoms with Crippen LogP contribution in [-0.2, 0) is 19.7 Å². The third-order valence-corrected chi connectivity index (χ3v) is 7.23. The van der Waals surface area contributed by atoms with Crippen molar-refractivity contribution in [1.82, 2.24) is 5.32 Å². The maximum absolute atomic E-state index is 11.5. The van der Waals surface area contributed by atoms with E-state index in [1.165, 1.54) is 5.56 Å². The lowest BCUT2D eigenvalue weighted by Crippen LogP contribution is -2.45. The Morgan fingerprint density at radius 3 is 2.30 bits per heavy atom. The molecule has 0 spiro atoms. The van der Waals surface area contributed by atoms with Crippen LogP contribution in [0.5, 0.6) is 0 Å². The van der Waals surface area contributed by atoms with Gasteiger partial charge in [0.1, 0.15) is 0 Å². The molecule has 4 nitrogen and oxygen atoms in total. The highest BCUT2D eigenvalue weighted by molar-refractivity contribution is 6.66. The number of amides is 1. The van der Waals surface area contributed by atoms with Gasteiger partial charge in [-0.3, -0.25) is 4.79 Å². The molecule has 128 valence electrons. The SMILES string of the molecule is C=C(C)C(=O)NCCC[Si](Cc1ccccc1)(OCC)OCC. The van der Waals surface area contributed by atoms with E-state index in [0.29, 0.717) is 25.3 Å². The molecule has 0 aliphatic heterocycles. The summed E-state index contributed by atoms with van der Waals surface area (Å²) in [6.45, 7) is 11.3. The topological polar surface area (TPSA) is 47.6 Å². The second kappa shape index (κ2) is 10.4. The van der Waals surface area contributed by atoms with E-state index in [1.54, 1.807) is 6.92 Å². The minimum atomic E-state index is -2.31. The van der Waals surface area contributed by atoms with E-state index in [1.807, 2.05) is 32.0 Å². The highest BCUT2D eigenvalue weighted by atomic mass is 28.4. The summed E-state index contributed by atoms with van der Waals surface area (Å²) in [5.74, 6) is -0.0897. The van der Waals surface area contributed by atoms with Gasteiger partial charge in [-0.15, -0.1) is 0 Å². The van der Waals surface area contributed by atoms with E-state index in [2.05, 4.69) is 24.0 Å². The van der Waals surface area contributed by atoms with E-state index in [4.69, 9.17) is 8.85 Å². The molecule has 0 aliphatic carbocycles. The number of rotatable bonds is 11. The number of benzene rings is 1. The van der Waals surface area contributed by atoms with Gasteiger partial charge in [-0.05, 0) is 38.8 Å². The monoisotopic (exact) mass is 335 g/mol. The van der Waals surface area contributed by atoms with Crippen LogP contribution in [0.4, 0.5) is 0 Å². The van der Waals surface area contributed by atoms with Crippen LogP contribution in [0.15, 0.2) is 42.5 Å². The predicted molar refractivity (Wildman–Crippen MR) is 96.4 cm³/mol. The summed E-state index contributed by atoms with van der Waals surface area (Å²) in [6.07, 6.45) is 0.845. The molecule has 0 saturated heterocycles. The molecule has 0 fully saturated rings. The van der Waals surface area contributed by atoms with Gasteiger partial charge in [0.15, 0.2) is 0 Å². The number of hydrogen-bond acceptors (Lipinski definition) is 3. The average Bonchev–Trinajstić information content (AvgIpc) is 2.52. The van der Waals surface area contributed by atoms with Gasteiger partial charge in [-0.1, -0.05) is 36.9 Å². The fraction of sp³-hybridized carbons (Fsp3) is 0.500. The summed E-state index contributed by atoms with van der Waals surface area (Å²) >= 11 is 0. The van der Waals surface area contributed by atoms with Gasteiger partial charge >= 0.3 is 8.56 Å². The number of hydrogen-bond donors (Lipinski definition) is 1. The van der Waals surface area contributed by atoms with Gasteiger partial charge in [0.2, 0.25) is 5.91 Å². The molecule has 0 heterocycles. The molecule has 0 saturated carbocycles. The van der Waals surface area contributed by atoms with Gasteiger partial charge in [-0.2, -0.15) is 0 Å². The summed E-state index contributed by atoms with van der Waals surface area (Å²) in [6, 6.07) is 12.0. The lowest BCUT2D eigenvalue weighted by atomic mass is 10.2. The Hall–Kier alpha value is -1.43. The third kappa shape index (κ3) is 7.12. The first-order valence-electron chi connectivity index (χ1n) is 8.28. The number of nitrogens with one attached hydrogen (secondary N) is 1. The maximum Gasteiger partial charge on any atom is 0.342 e. The van der Waals surface area contributed by atoms with Crippen molar-refractivity contribution in [3.63, 3.8) is 0 Å². The van der Waals surface area contributed by atoms with Gasteiger partial charge in [0.05, 0.1) is 0 Å². The van der Waals surface area contributed by atoms with Crippen LogP contribution in [0.2, 0.25) is 6.04 Å². The van der Waals surface area contributed by atoms with Gasteiger partial charge < -0.3 is 14.2 Å². The van der Waals surface area contributed by atoms with Crippen molar-refractivity contribution >= 4 is 14.5 Å². The smallest absolute Gasteiger partial charge is 0.342 e. The highest BCUT2D eigenvalue weighted by Gasteiger charge is 2.36. The molecule has 1 amide bonds. The van der Waals surface area contributed by atoms with Crippen molar-refractivity contribution in [2.75, 3.05) is 19.8 Å². The van der Waals surface area contributed by atoms with Crippen molar-refractivity contribution in [3.05, 3.63) is 48.0 Å². The molecular weight excluding hydrogens is 306 g/mol. The van der Waals surface area contributed by atoms with Crippen LogP contribution in [0, 0.1) is 0 Å². The van der Waals surface area contributed by atoms with E-state index in [0.717, 1.165) is 18.5 Å². The Labute approximate surface area is 141 Å². The molecule has 5 heteroatoms. The second-order valence-corrected chi connectivity index (χ2v) is 8.83. The zero-order valence-corrected chi connectivity index (χ0v) is 15.6. The number of carbonyl (C=O) groups excluding carboxylic acids is 1. The Bertz CT molecular complexity index is 484. The summed E-state index contributed by atoms with van der Waals surface area (Å²) in [5, 5.41) is 2.88. The molecule has 0 bridgehead atoms. The fourth-order valence-electron chi connectivity index (χ4n) is 2.52. The Morgan fingerprint density at radius 1 is 1.17 bits per heavy atom. The first-order chi connectivity index (χ1) is 11.0. The van der Waals surface area contributed by atoms with Gasteiger partial charge in [0, 0.05) is 31.4 Å². The zero-order chi connectivity index (χ0) is 17.1. The van der Waals surface area contributed by atoms with E-state index < -0.39 is 8.56 Å². The van der Waals surface area contributed by atoms with Gasteiger partial charge in [0.25, 0.3) is 0 Å². The zero-order valence-electron chi connectivity index (χ0n) is 14.6. The third-order valence-electron chi connectivity index (χ3n) is 3.54. The second-order valence-electron chi connectivity index (χ2n) is 5.58. The quantitative estimate of drug-likeness (QED) is 0.383. The molecule has 0 atom stereocenters. The van der Waals surface area contributed by atoms with E-state index >= 15 is 0 Å². The molecule has 0 aromatic heterocycles. The van der Waals surface area contributed by atoms with Crippen LogP contribution in [0.25, 0.3) is 0 Å². The predicted octanol–water partition coefficient (Wildman–Crippen LogP) is 3.37. The summed E-state index contributed by atoms with van der Waals surface area (Å²) in [7, 11) is -2.31. The van der Waals surface area contributed by atoms with Crippen LogP contribution in [0.3, 0.4) is 0 Å². The molecule has 1 N–H and O–H groups in total. The van der Waals surface area contributed by atoms with Crippen molar-refractivity contribution < 1.29 is 13.6 Å². The number of carbonyl (C=O) groups is 1. The minimum absolute atomic E-state index is 0.0897. The summed E-state index contributed by atoms with van der Waals surface area (Å²) in [5.41, 5.74) is 1.78.